The first-order valence-electron chi connectivity index (χ1n) is 5.91. The lowest BCUT2D eigenvalue weighted by atomic mass is 9.86. The maximum absolute atomic E-state index is 5.89. The Kier molecular flexibility index (Phi) is 4.14. The van der Waals surface area contributed by atoms with E-state index in [0.717, 1.165) is 12.0 Å². The summed E-state index contributed by atoms with van der Waals surface area (Å²) in [7, 11) is 0. The molecule has 0 radical (unpaired) electrons. The van der Waals surface area contributed by atoms with Crippen molar-refractivity contribution in [3.63, 3.8) is 0 Å². The first kappa shape index (κ1) is 10.8. The number of nitrogens with two attached hydrogens (primary N) is 1. The Labute approximate surface area is 91.4 Å². The molecular formula is C11H22N2S. The van der Waals surface area contributed by atoms with Crippen molar-refractivity contribution in [2.45, 2.75) is 44.2 Å². The van der Waals surface area contributed by atoms with Gasteiger partial charge in [-0.1, -0.05) is 0 Å². The fraction of sp³-hybridized carbons (Fsp3) is 1.00. The van der Waals surface area contributed by atoms with Gasteiger partial charge in [-0.2, -0.15) is 11.8 Å². The van der Waals surface area contributed by atoms with Crippen molar-refractivity contribution >= 4 is 11.8 Å². The Morgan fingerprint density at radius 2 is 1.93 bits per heavy atom. The van der Waals surface area contributed by atoms with Crippen molar-refractivity contribution in [1.82, 2.24) is 5.32 Å². The second-order valence-corrected chi connectivity index (χ2v) is 5.90. The zero-order chi connectivity index (χ0) is 9.80. The fourth-order valence-corrected chi connectivity index (χ4v) is 3.61. The summed E-state index contributed by atoms with van der Waals surface area (Å²) in [5.74, 6) is 3.58. The van der Waals surface area contributed by atoms with E-state index in [9.17, 15) is 0 Å². The van der Waals surface area contributed by atoms with Gasteiger partial charge in [-0.05, 0) is 50.3 Å². The molecule has 1 heterocycles. The van der Waals surface area contributed by atoms with Gasteiger partial charge in [0.05, 0.1) is 0 Å². The molecule has 3 N–H and O–H groups in total. The van der Waals surface area contributed by atoms with Gasteiger partial charge in [0.1, 0.15) is 0 Å². The number of nitrogens with one attached hydrogen (secondary N) is 1. The number of hydrogen-bond acceptors (Lipinski definition) is 3. The average molecular weight is 214 g/mol. The van der Waals surface area contributed by atoms with E-state index < -0.39 is 0 Å². The molecular weight excluding hydrogens is 192 g/mol. The van der Waals surface area contributed by atoms with Crippen LogP contribution < -0.4 is 11.1 Å². The summed E-state index contributed by atoms with van der Waals surface area (Å²) in [5.41, 5.74) is 5.89. The van der Waals surface area contributed by atoms with Crippen LogP contribution in [0.2, 0.25) is 0 Å². The third-order valence-electron chi connectivity index (χ3n) is 3.52. The van der Waals surface area contributed by atoms with Gasteiger partial charge in [-0.15, -0.1) is 0 Å². The summed E-state index contributed by atoms with van der Waals surface area (Å²) in [4.78, 5) is 0. The Morgan fingerprint density at radius 3 is 2.57 bits per heavy atom. The normalized spacial score (nSPS) is 38.8. The first-order valence-corrected chi connectivity index (χ1v) is 7.07. The highest BCUT2D eigenvalue weighted by Gasteiger charge is 2.20. The van der Waals surface area contributed by atoms with Crippen molar-refractivity contribution < 1.29 is 0 Å². The summed E-state index contributed by atoms with van der Waals surface area (Å²) in [6, 6.07) is 1.30. The highest BCUT2D eigenvalue weighted by atomic mass is 32.2. The van der Waals surface area contributed by atoms with Gasteiger partial charge in [0.25, 0.3) is 0 Å². The van der Waals surface area contributed by atoms with Gasteiger partial charge in [0, 0.05) is 17.8 Å². The minimum absolute atomic E-state index is 0.494. The molecule has 1 aliphatic carbocycles. The van der Waals surface area contributed by atoms with Crippen LogP contribution in [0.3, 0.4) is 0 Å². The zero-order valence-corrected chi connectivity index (χ0v) is 9.69. The summed E-state index contributed by atoms with van der Waals surface area (Å²) >= 11 is 2.09. The summed E-state index contributed by atoms with van der Waals surface area (Å²) in [6.07, 6.45) is 6.54. The van der Waals surface area contributed by atoms with E-state index in [0.29, 0.717) is 6.04 Å². The maximum atomic E-state index is 5.89. The van der Waals surface area contributed by atoms with E-state index in [1.54, 1.807) is 0 Å². The first-order chi connectivity index (χ1) is 6.84. The SMILES string of the molecule is NC1CCC(CNC2CCSC2)CC1. The van der Waals surface area contributed by atoms with Gasteiger partial charge in [-0.25, -0.2) is 0 Å². The lowest BCUT2D eigenvalue weighted by Gasteiger charge is -2.27. The van der Waals surface area contributed by atoms with E-state index in [1.165, 1.54) is 50.2 Å². The number of hydrogen-bond donors (Lipinski definition) is 2. The molecule has 1 unspecified atom stereocenters. The lowest BCUT2D eigenvalue weighted by Crippen LogP contribution is -2.36. The van der Waals surface area contributed by atoms with Gasteiger partial charge in [-0.3, -0.25) is 0 Å². The second-order valence-electron chi connectivity index (χ2n) is 4.75. The van der Waals surface area contributed by atoms with Crippen LogP contribution in [0.1, 0.15) is 32.1 Å². The van der Waals surface area contributed by atoms with E-state index in [4.69, 9.17) is 5.73 Å². The Balaban J connectivity index is 1.60. The van der Waals surface area contributed by atoms with Crippen LogP contribution in [-0.4, -0.2) is 30.1 Å². The number of rotatable bonds is 3. The molecule has 2 rings (SSSR count). The van der Waals surface area contributed by atoms with Gasteiger partial charge < -0.3 is 11.1 Å². The van der Waals surface area contributed by atoms with Crippen molar-refractivity contribution in [3.8, 4) is 0 Å². The molecule has 1 saturated carbocycles. The van der Waals surface area contributed by atoms with E-state index >= 15 is 0 Å². The van der Waals surface area contributed by atoms with E-state index in [2.05, 4.69) is 17.1 Å². The standard InChI is InChI=1S/C11H22N2S/c12-10-3-1-9(2-4-10)7-13-11-5-6-14-8-11/h9-11,13H,1-8,12H2. The Morgan fingerprint density at radius 1 is 1.14 bits per heavy atom. The molecule has 3 heteroatoms. The molecule has 1 aliphatic heterocycles. The van der Waals surface area contributed by atoms with Crippen LogP contribution >= 0.6 is 11.8 Å². The van der Waals surface area contributed by atoms with Crippen molar-refractivity contribution in [3.05, 3.63) is 0 Å². The predicted octanol–water partition coefficient (Wildman–Crippen LogP) is 1.60. The van der Waals surface area contributed by atoms with Gasteiger partial charge >= 0.3 is 0 Å². The topological polar surface area (TPSA) is 38.0 Å². The molecule has 0 spiro atoms. The highest BCUT2D eigenvalue weighted by Crippen LogP contribution is 2.23. The molecule has 2 nitrogen and oxygen atoms in total. The summed E-state index contributed by atoms with van der Waals surface area (Å²) in [6.45, 7) is 1.23. The predicted molar refractivity (Wildman–Crippen MR) is 63.7 cm³/mol. The summed E-state index contributed by atoms with van der Waals surface area (Å²) in [5, 5.41) is 3.70. The molecule has 2 fully saturated rings. The zero-order valence-electron chi connectivity index (χ0n) is 8.87. The molecule has 2 aliphatic rings. The van der Waals surface area contributed by atoms with Crippen molar-refractivity contribution in [1.29, 1.82) is 0 Å². The average Bonchev–Trinajstić information content (AvgIpc) is 2.70. The van der Waals surface area contributed by atoms with Crippen molar-refractivity contribution in [2.75, 3.05) is 18.1 Å². The largest absolute Gasteiger partial charge is 0.328 e. The minimum Gasteiger partial charge on any atom is -0.328 e. The quantitative estimate of drug-likeness (QED) is 0.749. The van der Waals surface area contributed by atoms with Crippen LogP contribution in [0.15, 0.2) is 0 Å². The minimum atomic E-state index is 0.494. The smallest absolute Gasteiger partial charge is 0.0166 e. The van der Waals surface area contributed by atoms with Crippen LogP contribution in [0.5, 0.6) is 0 Å². The number of thioether (sulfide) groups is 1. The summed E-state index contributed by atoms with van der Waals surface area (Å²) < 4.78 is 0. The lowest BCUT2D eigenvalue weighted by molar-refractivity contribution is 0.306. The van der Waals surface area contributed by atoms with Crippen LogP contribution in [0.25, 0.3) is 0 Å². The third-order valence-corrected chi connectivity index (χ3v) is 4.68. The molecule has 1 atom stereocenters. The Hall–Kier alpha value is 0.270. The fourth-order valence-electron chi connectivity index (χ4n) is 2.42. The third kappa shape index (κ3) is 3.14. The van der Waals surface area contributed by atoms with Crippen molar-refractivity contribution in [2.24, 2.45) is 11.7 Å². The second kappa shape index (κ2) is 5.38. The Bertz CT molecular complexity index is 161. The van der Waals surface area contributed by atoms with Gasteiger partial charge in [0.15, 0.2) is 0 Å². The van der Waals surface area contributed by atoms with Crippen LogP contribution in [0.4, 0.5) is 0 Å². The van der Waals surface area contributed by atoms with Crippen LogP contribution in [0, 0.1) is 5.92 Å². The molecule has 0 amide bonds. The molecule has 0 aromatic heterocycles. The highest BCUT2D eigenvalue weighted by molar-refractivity contribution is 7.99. The van der Waals surface area contributed by atoms with Gasteiger partial charge in [0.2, 0.25) is 0 Å². The molecule has 1 saturated heterocycles. The van der Waals surface area contributed by atoms with E-state index in [-0.39, 0.29) is 0 Å². The molecule has 0 aromatic rings. The molecule has 0 aromatic carbocycles. The maximum Gasteiger partial charge on any atom is 0.0166 e. The van der Waals surface area contributed by atoms with Crippen LogP contribution in [-0.2, 0) is 0 Å². The van der Waals surface area contributed by atoms with E-state index in [1.807, 2.05) is 0 Å². The monoisotopic (exact) mass is 214 g/mol. The molecule has 82 valence electrons. The molecule has 14 heavy (non-hydrogen) atoms. The molecule has 0 bridgehead atoms.